The molecule has 5 heteroatoms. The molecule has 5 nitrogen and oxygen atoms in total. The standard InChI is InChI=1S/C16H17NO4/c1-21-12-7-8-13(14(18)9-12)16(20)17-10-15(19)11-5-3-2-4-6-11/h2-9,15,18-19H,10H2,1H3,(H,17,20). The van der Waals surface area contributed by atoms with Crippen LogP contribution in [0.25, 0.3) is 0 Å². The zero-order chi connectivity index (χ0) is 15.2. The maximum absolute atomic E-state index is 12.0. The number of nitrogens with one attached hydrogen (secondary N) is 1. The number of methoxy groups -OCH3 is 1. The number of aliphatic hydroxyl groups is 1. The molecule has 21 heavy (non-hydrogen) atoms. The minimum Gasteiger partial charge on any atom is -0.507 e. The number of carbonyl (C=O) groups is 1. The molecular formula is C16H17NO4. The summed E-state index contributed by atoms with van der Waals surface area (Å²) in [5.41, 5.74) is 0.854. The lowest BCUT2D eigenvalue weighted by atomic mass is 10.1. The summed E-state index contributed by atoms with van der Waals surface area (Å²) in [5.74, 6) is -0.153. The highest BCUT2D eigenvalue weighted by atomic mass is 16.5. The Bertz CT molecular complexity index is 613. The van der Waals surface area contributed by atoms with E-state index in [4.69, 9.17) is 4.74 Å². The maximum Gasteiger partial charge on any atom is 0.255 e. The Morgan fingerprint density at radius 1 is 1.24 bits per heavy atom. The number of aliphatic hydroxyl groups excluding tert-OH is 1. The molecule has 0 bridgehead atoms. The fraction of sp³-hybridized carbons (Fsp3) is 0.188. The molecule has 2 rings (SSSR count). The van der Waals surface area contributed by atoms with Gasteiger partial charge in [-0.3, -0.25) is 4.79 Å². The number of hydrogen-bond donors (Lipinski definition) is 3. The fourth-order valence-corrected chi connectivity index (χ4v) is 1.91. The van der Waals surface area contributed by atoms with Crippen LogP contribution in [0.3, 0.4) is 0 Å². The molecule has 1 atom stereocenters. The van der Waals surface area contributed by atoms with Gasteiger partial charge in [0.15, 0.2) is 0 Å². The third-order valence-corrected chi connectivity index (χ3v) is 3.09. The van der Waals surface area contributed by atoms with Gasteiger partial charge in [0, 0.05) is 12.6 Å². The van der Waals surface area contributed by atoms with Crippen LogP contribution in [0.2, 0.25) is 0 Å². The second-order valence-electron chi connectivity index (χ2n) is 4.52. The first-order chi connectivity index (χ1) is 10.1. The van der Waals surface area contributed by atoms with Crippen molar-refractivity contribution in [3.63, 3.8) is 0 Å². The largest absolute Gasteiger partial charge is 0.507 e. The van der Waals surface area contributed by atoms with Crippen LogP contribution in [-0.2, 0) is 0 Å². The second kappa shape index (κ2) is 6.76. The minimum atomic E-state index is -0.796. The number of phenols is 1. The van der Waals surface area contributed by atoms with Gasteiger partial charge in [0.05, 0.1) is 18.8 Å². The summed E-state index contributed by atoms with van der Waals surface area (Å²) >= 11 is 0. The number of phenolic OH excluding ortho intramolecular Hbond substituents is 1. The molecule has 2 aromatic carbocycles. The SMILES string of the molecule is COc1ccc(C(=O)NCC(O)c2ccccc2)c(O)c1. The molecule has 0 saturated carbocycles. The Kier molecular flexibility index (Phi) is 4.79. The number of ether oxygens (including phenoxy) is 1. The van der Waals surface area contributed by atoms with Crippen molar-refractivity contribution in [2.24, 2.45) is 0 Å². The fourth-order valence-electron chi connectivity index (χ4n) is 1.91. The predicted octanol–water partition coefficient (Wildman–Crippen LogP) is 1.86. The van der Waals surface area contributed by atoms with Crippen molar-refractivity contribution < 1.29 is 19.7 Å². The van der Waals surface area contributed by atoms with Gasteiger partial charge in [-0.25, -0.2) is 0 Å². The summed E-state index contributed by atoms with van der Waals surface area (Å²) in [6.45, 7) is 0.0638. The predicted molar refractivity (Wildman–Crippen MR) is 78.4 cm³/mol. The molecule has 0 radical (unpaired) electrons. The first kappa shape index (κ1) is 14.9. The number of carbonyl (C=O) groups excluding carboxylic acids is 1. The van der Waals surface area contributed by atoms with Gasteiger partial charge in [0.2, 0.25) is 0 Å². The van der Waals surface area contributed by atoms with Crippen molar-refractivity contribution in [1.82, 2.24) is 5.32 Å². The summed E-state index contributed by atoms with van der Waals surface area (Å²) < 4.78 is 4.95. The van der Waals surface area contributed by atoms with Gasteiger partial charge < -0.3 is 20.3 Å². The molecule has 0 saturated heterocycles. The number of aromatic hydroxyl groups is 1. The second-order valence-corrected chi connectivity index (χ2v) is 4.52. The van der Waals surface area contributed by atoms with Crippen LogP contribution in [0.15, 0.2) is 48.5 Å². The highest BCUT2D eigenvalue weighted by Gasteiger charge is 2.14. The third kappa shape index (κ3) is 3.73. The van der Waals surface area contributed by atoms with E-state index in [1.807, 2.05) is 18.2 Å². The van der Waals surface area contributed by atoms with Gasteiger partial charge in [-0.2, -0.15) is 0 Å². The minimum absolute atomic E-state index is 0.0638. The smallest absolute Gasteiger partial charge is 0.255 e. The van der Waals surface area contributed by atoms with Gasteiger partial charge in [-0.15, -0.1) is 0 Å². The van der Waals surface area contributed by atoms with Crippen LogP contribution in [0, 0.1) is 0 Å². The first-order valence-electron chi connectivity index (χ1n) is 6.50. The van der Waals surface area contributed by atoms with E-state index in [-0.39, 0.29) is 17.9 Å². The summed E-state index contributed by atoms with van der Waals surface area (Å²) in [7, 11) is 1.48. The first-order valence-corrected chi connectivity index (χ1v) is 6.50. The molecule has 3 N–H and O–H groups in total. The highest BCUT2D eigenvalue weighted by Crippen LogP contribution is 2.23. The number of rotatable bonds is 5. The number of benzene rings is 2. The summed E-state index contributed by atoms with van der Waals surface area (Å²) in [6.07, 6.45) is -0.796. The Morgan fingerprint density at radius 2 is 1.95 bits per heavy atom. The van der Waals surface area contributed by atoms with Crippen LogP contribution >= 0.6 is 0 Å². The molecule has 1 amide bonds. The van der Waals surface area contributed by atoms with E-state index in [1.54, 1.807) is 18.2 Å². The molecular weight excluding hydrogens is 270 g/mol. The molecule has 0 aliphatic carbocycles. The molecule has 110 valence electrons. The van der Waals surface area contributed by atoms with Crippen LogP contribution in [0.4, 0.5) is 0 Å². The zero-order valence-electron chi connectivity index (χ0n) is 11.6. The van der Waals surface area contributed by atoms with E-state index in [0.717, 1.165) is 5.56 Å². The molecule has 2 aromatic rings. The van der Waals surface area contributed by atoms with E-state index >= 15 is 0 Å². The lowest BCUT2D eigenvalue weighted by Crippen LogP contribution is -2.28. The van der Waals surface area contributed by atoms with Crippen molar-refractivity contribution in [3.8, 4) is 11.5 Å². The van der Waals surface area contributed by atoms with Gasteiger partial charge in [0.25, 0.3) is 5.91 Å². The van der Waals surface area contributed by atoms with E-state index in [9.17, 15) is 15.0 Å². The van der Waals surface area contributed by atoms with E-state index in [1.165, 1.54) is 19.2 Å². The Labute approximate surface area is 122 Å². The quantitative estimate of drug-likeness (QED) is 0.784. The third-order valence-electron chi connectivity index (χ3n) is 3.09. The normalized spacial score (nSPS) is 11.7. The van der Waals surface area contributed by atoms with Crippen LogP contribution in [-0.4, -0.2) is 29.8 Å². The van der Waals surface area contributed by atoms with Gasteiger partial charge in [0.1, 0.15) is 11.5 Å². The van der Waals surface area contributed by atoms with Gasteiger partial charge >= 0.3 is 0 Å². The van der Waals surface area contributed by atoms with Crippen molar-refractivity contribution in [2.45, 2.75) is 6.10 Å². The molecule has 0 aliphatic heterocycles. The van der Waals surface area contributed by atoms with Crippen molar-refractivity contribution in [2.75, 3.05) is 13.7 Å². The average Bonchev–Trinajstić information content (AvgIpc) is 2.52. The Morgan fingerprint density at radius 3 is 2.57 bits per heavy atom. The van der Waals surface area contributed by atoms with Crippen LogP contribution in [0.1, 0.15) is 22.0 Å². The Hall–Kier alpha value is -2.53. The van der Waals surface area contributed by atoms with Crippen molar-refractivity contribution in [3.05, 3.63) is 59.7 Å². The topological polar surface area (TPSA) is 78.8 Å². The molecule has 0 fully saturated rings. The molecule has 0 aromatic heterocycles. The van der Waals surface area contributed by atoms with E-state index in [0.29, 0.717) is 5.75 Å². The molecule has 0 heterocycles. The van der Waals surface area contributed by atoms with Crippen molar-refractivity contribution >= 4 is 5.91 Å². The lowest BCUT2D eigenvalue weighted by Gasteiger charge is -2.13. The van der Waals surface area contributed by atoms with Crippen LogP contribution in [0.5, 0.6) is 11.5 Å². The summed E-state index contributed by atoms with van der Waals surface area (Å²) in [4.78, 5) is 12.0. The molecule has 0 aliphatic rings. The monoisotopic (exact) mass is 287 g/mol. The van der Waals surface area contributed by atoms with Gasteiger partial charge in [-0.1, -0.05) is 30.3 Å². The summed E-state index contributed by atoms with van der Waals surface area (Å²) in [5, 5.41) is 22.3. The van der Waals surface area contributed by atoms with E-state index < -0.39 is 12.0 Å². The number of amides is 1. The molecule has 1 unspecified atom stereocenters. The number of hydrogen-bond acceptors (Lipinski definition) is 4. The maximum atomic E-state index is 12.0. The van der Waals surface area contributed by atoms with E-state index in [2.05, 4.69) is 5.32 Å². The Balaban J connectivity index is 1.99. The molecule has 0 spiro atoms. The zero-order valence-corrected chi connectivity index (χ0v) is 11.6. The lowest BCUT2D eigenvalue weighted by molar-refractivity contribution is 0.0913. The van der Waals surface area contributed by atoms with Gasteiger partial charge in [-0.05, 0) is 17.7 Å². The average molecular weight is 287 g/mol. The summed E-state index contributed by atoms with van der Waals surface area (Å²) in [6, 6.07) is 13.5. The highest BCUT2D eigenvalue weighted by molar-refractivity contribution is 5.97. The van der Waals surface area contributed by atoms with Crippen LogP contribution < -0.4 is 10.1 Å². The van der Waals surface area contributed by atoms with Crippen molar-refractivity contribution in [1.29, 1.82) is 0 Å².